The Labute approximate surface area is 144 Å². The first-order valence-electron chi connectivity index (χ1n) is 8.12. The molecule has 0 aliphatic heterocycles. The molecule has 24 heavy (non-hydrogen) atoms. The fraction of sp³-hybridized carbons (Fsp3) is 0.350. The Kier molecular flexibility index (Phi) is 6.24. The maximum Gasteiger partial charge on any atom is 0.222 e. The molecular formula is C20H26N2O2. The van der Waals surface area contributed by atoms with Gasteiger partial charge in [0.2, 0.25) is 5.91 Å². The molecule has 2 aromatic carbocycles. The largest absolute Gasteiger partial charge is 0.497 e. The van der Waals surface area contributed by atoms with Gasteiger partial charge in [0.05, 0.1) is 7.11 Å². The summed E-state index contributed by atoms with van der Waals surface area (Å²) in [6, 6.07) is 16.2. The second-order valence-electron chi connectivity index (χ2n) is 6.16. The zero-order chi connectivity index (χ0) is 17.5. The summed E-state index contributed by atoms with van der Waals surface area (Å²) in [7, 11) is 7.54. The maximum atomic E-state index is 12.3. The molecule has 0 aliphatic carbocycles. The molecule has 0 saturated carbocycles. The highest BCUT2D eigenvalue weighted by molar-refractivity contribution is 5.76. The molecule has 4 heteroatoms. The normalized spacial score (nSPS) is 10.3. The lowest BCUT2D eigenvalue weighted by Crippen LogP contribution is -2.26. The highest BCUT2D eigenvalue weighted by Gasteiger charge is 2.10. The van der Waals surface area contributed by atoms with Crippen LogP contribution in [-0.2, 0) is 17.8 Å². The van der Waals surface area contributed by atoms with Crippen LogP contribution in [0, 0.1) is 0 Å². The monoisotopic (exact) mass is 326 g/mol. The molecule has 0 aliphatic rings. The van der Waals surface area contributed by atoms with Crippen molar-refractivity contribution in [3.63, 3.8) is 0 Å². The number of anilines is 1. The number of carbonyl (C=O) groups excluding carboxylic acids is 1. The summed E-state index contributed by atoms with van der Waals surface area (Å²) in [5.41, 5.74) is 3.45. The molecule has 0 heterocycles. The first kappa shape index (κ1) is 17.9. The predicted molar refractivity (Wildman–Crippen MR) is 98.6 cm³/mol. The van der Waals surface area contributed by atoms with Crippen LogP contribution in [0.3, 0.4) is 0 Å². The molecule has 2 aromatic rings. The van der Waals surface area contributed by atoms with Gasteiger partial charge in [-0.25, -0.2) is 0 Å². The fourth-order valence-corrected chi connectivity index (χ4v) is 2.50. The van der Waals surface area contributed by atoms with Crippen LogP contribution in [0.25, 0.3) is 0 Å². The third-order valence-electron chi connectivity index (χ3n) is 4.08. The second kappa shape index (κ2) is 8.39. The zero-order valence-electron chi connectivity index (χ0n) is 15.0. The number of rotatable bonds is 7. The number of carbonyl (C=O) groups is 1. The number of aryl methyl sites for hydroxylation is 1. The minimum Gasteiger partial charge on any atom is -0.497 e. The smallest absolute Gasteiger partial charge is 0.222 e. The molecule has 0 saturated heterocycles. The van der Waals surface area contributed by atoms with Crippen LogP contribution < -0.4 is 9.64 Å². The van der Waals surface area contributed by atoms with Crippen molar-refractivity contribution in [1.82, 2.24) is 4.90 Å². The Bertz CT molecular complexity index is 648. The number of hydrogen-bond acceptors (Lipinski definition) is 3. The Hall–Kier alpha value is -2.49. The molecule has 0 spiro atoms. The highest BCUT2D eigenvalue weighted by atomic mass is 16.5. The first-order chi connectivity index (χ1) is 11.5. The molecule has 0 N–H and O–H groups in total. The van der Waals surface area contributed by atoms with Crippen molar-refractivity contribution in [3.05, 3.63) is 59.7 Å². The molecule has 4 nitrogen and oxygen atoms in total. The Balaban J connectivity index is 1.84. The first-order valence-corrected chi connectivity index (χ1v) is 8.12. The summed E-state index contributed by atoms with van der Waals surface area (Å²) in [5.74, 6) is 0.992. The molecule has 0 radical (unpaired) electrons. The Morgan fingerprint density at radius 3 is 2.04 bits per heavy atom. The van der Waals surface area contributed by atoms with Crippen LogP contribution in [0.15, 0.2) is 48.5 Å². The van der Waals surface area contributed by atoms with Crippen molar-refractivity contribution < 1.29 is 9.53 Å². The van der Waals surface area contributed by atoms with Gasteiger partial charge in [-0.15, -0.1) is 0 Å². The summed E-state index contributed by atoms with van der Waals surface area (Å²) < 4.78 is 5.14. The van der Waals surface area contributed by atoms with E-state index >= 15 is 0 Å². The minimum absolute atomic E-state index is 0.155. The Morgan fingerprint density at radius 2 is 1.50 bits per heavy atom. The maximum absolute atomic E-state index is 12.3. The molecule has 0 unspecified atom stereocenters. The second-order valence-corrected chi connectivity index (χ2v) is 6.16. The van der Waals surface area contributed by atoms with Crippen molar-refractivity contribution in [2.75, 3.05) is 33.2 Å². The molecule has 0 bridgehead atoms. The predicted octanol–water partition coefficient (Wildman–Crippen LogP) is 3.35. The van der Waals surface area contributed by atoms with E-state index < -0.39 is 0 Å². The van der Waals surface area contributed by atoms with Gasteiger partial charge in [-0.2, -0.15) is 0 Å². The summed E-state index contributed by atoms with van der Waals surface area (Å²) in [6.07, 6.45) is 1.26. The number of amides is 1. The van der Waals surface area contributed by atoms with E-state index in [2.05, 4.69) is 29.2 Å². The Morgan fingerprint density at radius 1 is 0.917 bits per heavy atom. The van der Waals surface area contributed by atoms with Crippen molar-refractivity contribution in [2.45, 2.75) is 19.4 Å². The van der Waals surface area contributed by atoms with E-state index in [0.717, 1.165) is 29.0 Å². The van der Waals surface area contributed by atoms with E-state index in [0.29, 0.717) is 13.0 Å². The summed E-state index contributed by atoms with van der Waals surface area (Å²) in [5, 5.41) is 0. The van der Waals surface area contributed by atoms with Crippen LogP contribution >= 0.6 is 0 Å². The molecule has 0 atom stereocenters. The summed E-state index contributed by atoms with van der Waals surface area (Å²) >= 11 is 0. The lowest BCUT2D eigenvalue weighted by atomic mass is 10.1. The van der Waals surface area contributed by atoms with E-state index in [1.165, 1.54) is 0 Å². The van der Waals surface area contributed by atoms with E-state index in [1.807, 2.05) is 45.4 Å². The zero-order valence-corrected chi connectivity index (χ0v) is 15.0. The van der Waals surface area contributed by atoms with Crippen LogP contribution in [0.5, 0.6) is 5.75 Å². The number of ether oxygens (including phenoxy) is 1. The quantitative estimate of drug-likeness (QED) is 0.782. The van der Waals surface area contributed by atoms with Crippen molar-refractivity contribution in [3.8, 4) is 5.75 Å². The fourth-order valence-electron chi connectivity index (χ4n) is 2.50. The van der Waals surface area contributed by atoms with E-state index in [9.17, 15) is 4.79 Å². The third-order valence-corrected chi connectivity index (χ3v) is 4.08. The van der Waals surface area contributed by atoms with Crippen LogP contribution in [0.4, 0.5) is 5.69 Å². The van der Waals surface area contributed by atoms with Gasteiger partial charge in [-0.1, -0.05) is 24.3 Å². The number of hydrogen-bond donors (Lipinski definition) is 0. The minimum atomic E-state index is 0.155. The lowest BCUT2D eigenvalue weighted by molar-refractivity contribution is -0.130. The molecule has 1 amide bonds. The lowest BCUT2D eigenvalue weighted by Gasteiger charge is -2.18. The SMILES string of the molecule is COc1ccc(CCC(=O)N(C)Cc2ccc(N(C)C)cc2)cc1. The molecular weight excluding hydrogens is 300 g/mol. The van der Waals surface area contributed by atoms with Crippen molar-refractivity contribution in [2.24, 2.45) is 0 Å². The summed E-state index contributed by atoms with van der Waals surface area (Å²) in [6.45, 7) is 0.634. The van der Waals surface area contributed by atoms with Gasteiger partial charge in [0.25, 0.3) is 0 Å². The van der Waals surface area contributed by atoms with Crippen LogP contribution in [-0.4, -0.2) is 39.1 Å². The average molecular weight is 326 g/mol. The van der Waals surface area contributed by atoms with Gasteiger partial charge < -0.3 is 14.5 Å². The average Bonchev–Trinajstić information content (AvgIpc) is 2.60. The van der Waals surface area contributed by atoms with Gasteiger partial charge >= 0.3 is 0 Å². The van der Waals surface area contributed by atoms with Crippen LogP contribution in [0.1, 0.15) is 17.5 Å². The molecule has 0 aromatic heterocycles. The van der Waals surface area contributed by atoms with Gasteiger partial charge in [-0.05, 0) is 41.8 Å². The van der Waals surface area contributed by atoms with Crippen LogP contribution in [0.2, 0.25) is 0 Å². The molecule has 128 valence electrons. The van der Waals surface area contributed by atoms with E-state index in [1.54, 1.807) is 12.0 Å². The van der Waals surface area contributed by atoms with Crippen molar-refractivity contribution >= 4 is 11.6 Å². The highest BCUT2D eigenvalue weighted by Crippen LogP contribution is 2.15. The third kappa shape index (κ3) is 5.01. The van der Waals surface area contributed by atoms with Gasteiger partial charge in [0.1, 0.15) is 5.75 Å². The van der Waals surface area contributed by atoms with Crippen molar-refractivity contribution in [1.29, 1.82) is 0 Å². The van der Waals surface area contributed by atoms with Gasteiger partial charge in [-0.3, -0.25) is 4.79 Å². The summed E-state index contributed by atoms with van der Waals surface area (Å²) in [4.78, 5) is 16.2. The number of benzene rings is 2. The number of nitrogens with zero attached hydrogens (tertiary/aromatic N) is 2. The standard InChI is InChI=1S/C20H26N2O2/c1-21(2)18-10-5-17(6-11-18)15-22(3)20(23)14-9-16-7-12-19(24-4)13-8-16/h5-8,10-13H,9,14-15H2,1-4H3. The van der Waals surface area contributed by atoms with E-state index in [4.69, 9.17) is 4.74 Å². The topological polar surface area (TPSA) is 32.8 Å². The van der Waals surface area contributed by atoms with Gasteiger partial charge in [0.15, 0.2) is 0 Å². The molecule has 0 fully saturated rings. The van der Waals surface area contributed by atoms with E-state index in [-0.39, 0.29) is 5.91 Å². The van der Waals surface area contributed by atoms with Gasteiger partial charge in [0, 0.05) is 39.8 Å². The molecule has 2 rings (SSSR count). The number of methoxy groups -OCH3 is 1.